The quantitative estimate of drug-likeness (QED) is 0.593. The van der Waals surface area contributed by atoms with Gasteiger partial charge in [-0.05, 0) is 46.2 Å². The standard InChI is InChI=1S/C24H31N2O/c1-6-11-17(5)26-21(12-7-2)20-14-10-13-18-19(15-16-22(26)23(18)20)24(27)25(8-3)9-4/h7,10,12-17H,6,8-9,11H2,1-5H3/q+1. The molecule has 3 heteroatoms. The normalized spacial score (nSPS) is 14.4. The average Bonchev–Trinajstić information content (AvgIpc) is 2.99. The van der Waals surface area contributed by atoms with Gasteiger partial charge in [-0.25, -0.2) is 0 Å². The molecule has 0 N–H and O–H groups in total. The number of allylic oxidation sites excluding steroid dienone is 2. The third-order valence-corrected chi connectivity index (χ3v) is 5.57. The molecule has 3 rings (SSSR count). The van der Waals surface area contributed by atoms with Crippen molar-refractivity contribution in [3.8, 4) is 0 Å². The van der Waals surface area contributed by atoms with Crippen molar-refractivity contribution in [2.45, 2.75) is 53.5 Å². The summed E-state index contributed by atoms with van der Waals surface area (Å²) in [6.45, 7) is 12.1. The van der Waals surface area contributed by atoms with E-state index in [9.17, 15) is 4.79 Å². The molecular weight excluding hydrogens is 332 g/mol. The number of carbonyl (C=O) groups is 1. The molecule has 142 valence electrons. The lowest BCUT2D eigenvalue weighted by atomic mass is 9.97. The van der Waals surface area contributed by atoms with Gasteiger partial charge < -0.3 is 4.90 Å². The van der Waals surface area contributed by atoms with Gasteiger partial charge in [-0.1, -0.05) is 25.1 Å². The third kappa shape index (κ3) is 3.20. The van der Waals surface area contributed by atoms with Gasteiger partial charge in [-0.15, -0.1) is 0 Å². The molecule has 1 aliphatic rings. The molecule has 1 atom stereocenters. The highest BCUT2D eigenvalue weighted by molar-refractivity contribution is 6.22. The zero-order valence-corrected chi connectivity index (χ0v) is 17.2. The fourth-order valence-corrected chi connectivity index (χ4v) is 4.28. The minimum absolute atomic E-state index is 0.122. The molecule has 0 bridgehead atoms. The Balaban J connectivity index is 2.25. The van der Waals surface area contributed by atoms with Crippen molar-refractivity contribution in [1.29, 1.82) is 0 Å². The molecule has 0 radical (unpaired) electrons. The van der Waals surface area contributed by atoms with E-state index in [-0.39, 0.29) is 5.91 Å². The van der Waals surface area contributed by atoms with Crippen LogP contribution in [0.25, 0.3) is 10.8 Å². The van der Waals surface area contributed by atoms with Gasteiger partial charge in [-0.2, -0.15) is 4.58 Å². The Morgan fingerprint density at radius 2 is 1.89 bits per heavy atom. The maximum absolute atomic E-state index is 13.1. The van der Waals surface area contributed by atoms with Crippen LogP contribution in [0.1, 0.15) is 63.4 Å². The van der Waals surface area contributed by atoms with E-state index >= 15 is 0 Å². The lowest BCUT2D eigenvalue weighted by molar-refractivity contribution is -0.476. The second-order valence-electron chi connectivity index (χ2n) is 7.23. The summed E-state index contributed by atoms with van der Waals surface area (Å²) in [5.41, 5.74) is 4.51. The zero-order valence-electron chi connectivity index (χ0n) is 17.2. The summed E-state index contributed by atoms with van der Waals surface area (Å²) < 4.78 is 2.45. The molecule has 2 aromatic carbocycles. The fraction of sp³-hybridized carbons (Fsp3) is 0.417. The van der Waals surface area contributed by atoms with Gasteiger partial charge in [0.1, 0.15) is 0 Å². The Hall–Kier alpha value is -2.42. The Morgan fingerprint density at radius 1 is 1.15 bits per heavy atom. The summed E-state index contributed by atoms with van der Waals surface area (Å²) in [7, 11) is 0. The van der Waals surface area contributed by atoms with E-state index in [1.54, 1.807) is 0 Å². The van der Waals surface area contributed by atoms with Crippen LogP contribution in [0.3, 0.4) is 0 Å². The number of hydrogen-bond donors (Lipinski definition) is 0. The minimum atomic E-state index is 0.122. The maximum atomic E-state index is 13.1. The van der Waals surface area contributed by atoms with Crippen LogP contribution in [-0.4, -0.2) is 40.2 Å². The molecule has 27 heavy (non-hydrogen) atoms. The summed E-state index contributed by atoms with van der Waals surface area (Å²) in [4.78, 5) is 15.0. The number of rotatable bonds is 7. The topological polar surface area (TPSA) is 23.3 Å². The van der Waals surface area contributed by atoms with Crippen molar-refractivity contribution < 1.29 is 9.37 Å². The number of carbonyl (C=O) groups excluding carboxylic acids is 1. The zero-order chi connectivity index (χ0) is 19.6. The van der Waals surface area contributed by atoms with E-state index < -0.39 is 0 Å². The van der Waals surface area contributed by atoms with Gasteiger partial charge in [0.2, 0.25) is 11.4 Å². The predicted molar refractivity (Wildman–Crippen MR) is 114 cm³/mol. The van der Waals surface area contributed by atoms with Crippen molar-refractivity contribution in [3.63, 3.8) is 0 Å². The van der Waals surface area contributed by atoms with Gasteiger partial charge >= 0.3 is 0 Å². The average molecular weight is 364 g/mol. The van der Waals surface area contributed by atoms with Crippen LogP contribution in [0.4, 0.5) is 5.69 Å². The van der Waals surface area contributed by atoms with E-state index in [1.165, 1.54) is 22.3 Å². The van der Waals surface area contributed by atoms with Crippen molar-refractivity contribution in [1.82, 2.24) is 4.90 Å². The molecule has 0 fully saturated rings. The lowest BCUT2D eigenvalue weighted by Crippen LogP contribution is -2.30. The van der Waals surface area contributed by atoms with Crippen LogP contribution in [0.5, 0.6) is 0 Å². The Morgan fingerprint density at radius 3 is 2.52 bits per heavy atom. The Kier molecular flexibility index (Phi) is 5.79. The SMILES string of the molecule is CC=CC1=[N+](C(C)CCC)c2ccc(C(=O)N(CC)CC)c3cccc1c23. The number of amides is 1. The van der Waals surface area contributed by atoms with Crippen LogP contribution in [-0.2, 0) is 0 Å². The number of hydrogen-bond acceptors (Lipinski definition) is 1. The number of benzene rings is 2. The van der Waals surface area contributed by atoms with Crippen LogP contribution < -0.4 is 0 Å². The molecule has 1 aliphatic heterocycles. The Labute approximate surface area is 163 Å². The third-order valence-electron chi connectivity index (χ3n) is 5.57. The molecule has 0 aromatic heterocycles. The van der Waals surface area contributed by atoms with Crippen molar-refractivity contribution in [2.24, 2.45) is 0 Å². The smallest absolute Gasteiger partial charge is 0.254 e. The maximum Gasteiger partial charge on any atom is 0.254 e. The molecule has 0 aliphatic carbocycles. The summed E-state index contributed by atoms with van der Waals surface area (Å²) in [6.07, 6.45) is 6.59. The summed E-state index contributed by atoms with van der Waals surface area (Å²) in [5, 5.41) is 2.28. The van der Waals surface area contributed by atoms with Crippen molar-refractivity contribution in [3.05, 3.63) is 53.6 Å². The molecule has 2 aromatic rings. The summed E-state index contributed by atoms with van der Waals surface area (Å²) >= 11 is 0. The highest BCUT2D eigenvalue weighted by atomic mass is 16.2. The largest absolute Gasteiger partial charge is 0.339 e. The molecule has 0 saturated carbocycles. The van der Waals surface area contributed by atoms with E-state index in [0.29, 0.717) is 6.04 Å². The van der Waals surface area contributed by atoms with Gasteiger partial charge in [0.25, 0.3) is 5.91 Å². The van der Waals surface area contributed by atoms with Gasteiger partial charge in [-0.3, -0.25) is 4.79 Å². The molecule has 1 unspecified atom stereocenters. The molecule has 0 spiro atoms. The van der Waals surface area contributed by atoms with Gasteiger partial charge in [0.05, 0.1) is 10.9 Å². The van der Waals surface area contributed by atoms with Gasteiger partial charge in [0, 0.05) is 42.6 Å². The van der Waals surface area contributed by atoms with Crippen LogP contribution in [0.15, 0.2) is 42.5 Å². The minimum Gasteiger partial charge on any atom is -0.339 e. The first-order valence-electron chi connectivity index (χ1n) is 10.2. The van der Waals surface area contributed by atoms with E-state index in [1.807, 2.05) is 24.8 Å². The van der Waals surface area contributed by atoms with Crippen molar-refractivity contribution >= 4 is 28.1 Å². The van der Waals surface area contributed by atoms with Crippen LogP contribution >= 0.6 is 0 Å². The van der Waals surface area contributed by atoms with E-state index in [4.69, 9.17) is 0 Å². The molecule has 1 heterocycles. The lowest BCUT2D eigenvalue weighted by Gasteiger charge is -2.19. The molecule has 0 saturated heterocycles. The first-order chi connectivity index (χ1) is 13.1. The molecule has 1 amide bonds. The van der Waals surface area contributed by atoms with Crippen molar-refractivity contribution in [2.75, 3.05) is 13.1 Å². The second kappa shape index (κ2) is 8.08. The van der Waals surface area contributed by atoms with Crippen LogP contribution in [0.2, 0.25) is 0 Å². The Bertz CT molecular complexity index is 919. The second-order valence-corrected chi connectivity index (χ2v) is 7.23. The fourth-order valence-electron chi connectivity index (χ4n) is 4.28. The van der Waals surface area contributed by atoms with Crippen LogP contribution in [0, 0.1) is 0 Å². The number of nitrogens with zero attached hydrogens (tertiary/aromatic N) is 2. The predicted octanol–water partition coefficient (Wildman–Crippen LogP) is 5.53. The summed E-state index contributed by atoms with van der Waals surface area (Å²) in [5.74, 6) is 0.122. The first kappa shape index (κ1) is 19.3. The monoisotopic (exact) mass is 363 g/mol. The first-order valence-corrected chi connectivity index (χ1v) is 10.2. The molecular formula is C24H31N2O+. The molecule has 3 nitrogen and oxygen atoms in total. The highest BCUT2D eigenvalue weighted by Gasteiger charge is 2.35. The van der Waals surface area contributed by atoms with Gasteiger partial charge in [0.15, 0.2) is 6.04 Å². The van der Waals surface area contributed by atoms with E-state index in [2.05, 4.69) is 61.8 Å². The highest BCUT2D eigenvalue weighted by Crippen LogP contribution is 2.39. The van der Waals surface area contributed by atoms with E-state index in [0.717, 1.165) is 36.9 Å². The summed E-state index contributed by atoms with van der Waals surface area (Å²) in [6, 6.07) is 10.9.